The van der Waals surface area contributed by atoms with Crippen molar-refractivity contribution in [1.82, 2.24) is 0 Å². The van der Waals surface area contributed by atoms with Gasteiger partial charge in [-0.25, -0.2) is 0 Å². The fraction of sp³-hybridized carbons (Fsp3) is 0.692. The van der Waals surface area contributed by atoms with Crippen molar-refractivity contribution in [3.05, 3.63) is 12.2 Å². The minimum absolute atomic E-state index is 0.00302. The van der Waals surface area contributed by atoms with E-state index in [2.05, 4.69) is 19.6 Å². The molecule has 2 aliphatic rings. The molecule has 1 saturated carbocycles. The number of carbonyl (C=O) groups excluding carboxylic acids is 1. The number of aliphatic carboxylic acids is 1. The first-order chi connectivity index (χ1) is 8.29. The highest BCUT2D eigenvalue weighted by Crippen LogP contribution is 2.59. The molecule has 1 fully saturated rings. The molecule has 0 saturated heterocycles. The highest BCUT2D eigenvalue weighted by molar-refractivity contribution is 6.77. The van der Waals surface area contributed by atoms with Crippen molar-refractivity contribution in [2.45, 2.75) is 25.2 Å². The Labute approximate surface area is 108 Å². The van der Waals surface area contributed by atoms with Crippen molar-refractivity contribution in [1.29, 1.82) is 0 Å². The third-order valence-electron chi connectivity index (χ3n) is 4.36. The Bertz CT molecular complexity index is 410. The molecule has 0 aromatic carbocycles. The highest BCUT2D eigenvalue weighted by atomic mass is 28.3. The van der Waals surface area contributed by atoms with E-state index in [4.69, 9.17) is 4.74 Å². The number of carboxylic acid groups (broad SMARTS) is 1. The molecular formula is C13H20O4Si. The highest BCUT2D eigenvalue weighted by Gasteiger charge is 2.60. The van der Waals surface area contributed by atoms with Gasteiger partial charge in [0.1, 0.15) is 0 Å². The number of hydrogen-bond donors (Lipinski definition) is 1. The van der Waals surface area contributed by atoms with E-state index in [9.17, 15) is 14.7 Å². The largest absolute Gasteiger partial charge is 0.481 e. The van der Waals surface area contributed by atoms with Crippen molar-refractivity contribution in [2.75, 3.05) is 7.11 Å². The SMILES string of the molecule is COC(=O)[C@@H]1[C@H]2C=C[C@@H]([C@@H]1C(=O)O)[C@H]2[Si](C)(C)C. The van der Waals surface area contributed by atoms with Crippen LogP contribution in [0.15, 0.2) is 12.2 Å². The fourth-order valence-corrected chi connectivity index (χ4v) is 6.78. The lowest BCUT2D eigenvalue weighted by molar-refractivity contribution is -0.156. The summed E-state index contributed by atoms with van der Waals surface area (Å²) in [7, 11) is -0.176. The normalized spacial score (nSPS) is 37.9. The number of methoxy groups -OCH3 is 1. The molecule has 2 rings (SSSR count). The number of fused-ring (bicyclic) bond motifs is 2. The van der Waals surface area contributed by atoms with Gasteiger partial charge in [0, 0.05) is 8.07 Å². The van der Waals surface area contributed by atoms with E-state index in [1.165, 1.54) is 7.11 Å². The lowest BCUT2D eigenvalue weighted by Crippen LogP contribution is -2.33. The summed E-state index contributed by atoms with van der Waals surface area (Å²) in [5.41, 5.74) is 0.336. The van der Waals surface area contributed by atoms with Crippen LogP contribution >= 0.6 is 0 Å². The van der Waals surface area contributed by atoms with Crippen molar-refractivity contribution in [2.24, 2.45) is 23.7 Å². The van der Waals surface area contributed by atoms with Gasteiger partial charge in [-0.1, -0.05) is 31.8 Å². The Balaban J connectivity index is 2.40. The third kappa shape index (κ3) is 1.81. The number of hydrogen-bond acceptors (Lipinski definition) is 3. The molecule has 0 aromatic rings. The van der Waals surface area contributed by atoms with E-state index in [0.717, 1.165) is 0 Å². The molecule has 0 aromatic heterocycles. The molecule has 5 heteroatoms. The summed E-state index contributed by atoms with van der Waals surface area (Å²) in [5.74, 6) is -2.30. The number of esters is 1. The predicted molar refractivity (Wildman–Crippen MR) is 69.8 cm³/mol. The van der Waals surface area contributed by atoms with Gasteiger partial charge in [0.05, 0.1) is 18.9 Å². The molecule has 4 nitrogen and oxygen atoms in total. The van der Waals surface area contributed by atoms with Crippen LogP contribution in [0.2, 0.25) is 25.2 Å². The van der Waals surface area contributed by atoms with Gasteiger partial charge < -0.3 is 9.84 Å². The molecule has 1 N–H and O–H groups in total. The number of carbonyl (C=O) groups is 2. The van der Waals surface area contributed by atoms with Crippen LogP contribution in [0.5, 0.6) is 0 Å². The van der Waals surface area contributed by atoms with Crippen LogP contribution in [0.3, 0.4) is 0 Å². The zero-order chi connectivity index (χ0) is 13.7. The van der Waals surface area contributed by atoms with Gasteiger partial charge in [0.25, 0.3) is 0 Å². The maximum Gasteiger partial charge on any atom is 0.310 e. The zero-order valence-corrected chi connectivity index (χ0v) is 12.2. The molecule has 0 unspecified atom stereocenters. The Morgan fingerprint density at radius 1 is 1.11 bits per heavy atom. The van der Waals surface area contributed by atoms with Gasteiger partial charge in [-0.05, 0) is 17.4 Å². The van der Waals surface area contributed by atoms with E-state index >= 15 is 0 Å². The van der Waals surface area contributed by atoms with Crippen molar-refractivity contribution in [3.8, 4) is 0 Å². The van der Waals surface area contributed by atoms with Crippen molar-refractivity contribution < 1.29 is 19.4 Å². The lowest BCUT2D eigenvalue weighted by atomic mass is 9.83. The second-order valence-electron chi connectivity index (χ2n) is 6.34. The van der Waals surface area contributed by atoms with Gasteiger partial charge >= 0.3 is 11.9 Å². The average molecular weight is 268 g/mol. The molecule has 2 aliphatic carbocycles. The molecule has 18 heavy (non-hydrogen) atoms. The minimum atomic E-state index is -1.51. The predicted octanol–water partition coefficient (Wildman–Crippen LogP) is 2.00. The summed E-state index contributed by atoms with van der Waals surface area (Å²) in [6, 6.07) is 0. The summed E-state index contributed by atoms with van der Waals surface area (Å²) >= 11 is 0. The number of allylic oxidation sites excluding steroid dienone is 2. The number of carboxylic acids is 1. The van der Waals surface area contributed by atoms with E-state index in [1.807, 2.05) is 12.2 Å². The van der Waals surface area contributed by atoms with Crippen LogP contribution < -0.4 is 0 Å². The average Bonchev–Trinajstić information content (AvgIpc) is 2.81. The number of rotatable bonds is 3. The number of ether oxygens (including phenoxy) is 1. The molecule has 100 valence electrons. The Kier molecular flexibility index (Phi) is 3.13. The van der Waals surface area contributed by atoms with Crippen molar-refractivity contribution in [3.63, 3.8) is 0 Å². The minimum Gasteiger partial charge on any atom is -0.481 e. The van der Waals surface area contributed by atoms with E-state index < -0.39 is 25.9 Å². The fourth-order valence-electron chi connectivity index (χ4n) is 3.83. The molecule has 0 amide bonds. The van der Waals surface area contributed by atoms with E-state index in [1.54, 1.807) is 0 Å². The van der Waals surface area contributed by atoms with Crippen LogP contribution in [-0.2, 0) is 14.3 Å². The second-order valence-corrected chi connectivity index (χ2v) is 11.7. The monoisotopic (exact) mass is 268 g/mol. The summed E-state index contributed by atoms with van der Waals surface area (Å²) < 4.78 is 4.81. The summed E-state index contributed by atoms with van der Waals surface area (Å²) in [6.07, 6.45) is 4.04. The first kappa shape index (κ1) is 13.3. The molecule has 0 heterocycles. The Hall–Kier alpha value is -1.10. The summed E-state index contributed by atoms with van der Waals surface area (Å²) in [5, 5.41) is 9.41. The smallest absolute Gasteiger partial charge is 0.310 e. The van der Waals surface area contributed by atoms with Gasteiger partial charge in [-0.15, -0.1) is 0 Å². The third-order valence-corrected chi connectivity index (χ3v) is 7.13. The maximum absolute atomic E-state index is 11.9. The van der Waals surface area contributed by atoms with E-state index in [0.29, 0.717) is 5.54 Å². The van der Waals surface area contributed by atoms with Crippen LogP contribution in [0.4, 0.5) is 0 Å². The van der Waals surface area contributed by atoms with Crippen LogP contribution in [0, 0.1) is 23.7 Å². The first-order valence-electron chi connectivity index (χ1n) is 6.28. The quantitative estimate of drug-likeness (QED) is 0.483. The molecule has 0 spiro atoms. The molecule has 2 bridgehead atoms. The van der Waals surface area contributed by atoms with E-state index in [-0.39, 0.29) is 17.8 Å². The van der Waals surface area contributed by atoms with Gasteiger partial charge in [0.15, 0.2) is 0 Å². The Morgan fingerprint density at radius 2 is 1.61 bits per heavy atom. The standard InChI is InChI=1S/C13H20O4Si/c1-17-13(16)10-8-6-5-7(9(10)12(14)15)11(8)18(2,3)4/h5-11H,1-4H3,(H,14,15)/t7-,8+,9-,10+,11+/m0/s1. The molecule has 5 atom stereocenters. The van der Waals surface area contributed by atoms with Gasteiger partial charge in [-0.2, -0.15) is 0 Å². The molecule has 0 aliphatic heterocycles. The maximum atomic E-state index is 11.9. The van der Waals surface area contributed by atoms with Crippen LogP contribution in [0.1, 0.15) is 0 Å². The Morgan fingerprint density at radius 3 is 2.00 bits per heavy atom. The van der Waals surface area contributed by atoms with Crippen molar-refractivity contribution >= 4 is 20.0 Å². The van der Waals surface area contributed by atoms with Gasteiger partial charge in [0.2, 0.25) is 0 Å². The van der Waals surface area contributed by atoms with Gasteiger partial charge in [-0.3, -0.25) is 9.59 Å². The molecular weight excluding hydrogens is 248 g/mol. The van der Waals surface area contributed by atoms with Crippen LogP contribution in [-0.4, -0.2) is 32.2 Å². The summed E-state index contributed by atoms with van der Waals surface area (Å²) in [4.78, 5) is 23.4. The zero-order valence-electron chi connectivity index (χ0n) is 11.2. The van der Waals surface area contributed by atoms with Crippen LogP contribution in [0.25, 0.3) is 0 Å². The topological polar surface area (TPSA) is 63.6 Å². The lowest BCUT2D eigenvalue weighted by Gasteiger charge is -2.29. The summed E-state index contributed by atoms with van der Waals surface area (Å²) in [6.45, 7) is 6.72. The first-order valence-corrected chi connectivity index (χ1v) is 9.85. The second kappa shape index (κ2) is 4.22. The molecule has 0 radical (unpaired) electrons.